The summed E-state index contributed by atoms with van der Waals surface area (Å²) < 4.78 is 6.97. The van der Waals surface area contributed by atoms with Gasteiger partial charge in [-0.2, -0.15) is 4.68 Å². The number of rotatable bonds is 6. The standard InChI is InChI=1S/C19H20N6O2S/c20-15-3-7-17(8-4-15)25-19(21-22-23-25)28-13-18(26)14-1-5-16(6-2-14)24-9-11-27-12-10-24/h1-8H,9-13,20H2. The van der Waals surface area contributed by atoms with Gasteiger partial charge in [-0.15, -0.1) is 5.10 Å². The smallest absolute Gasteiger partial charge is 0.214 e. The molecule has 8 nitrogen and oxygen atoms in total. The number of anilines is 2. The van der Waals surface area contributed by atoms with E-state index < -0.39 is 0 Å². The van der Waals surface area contributed by atoms with Crippen molar-refractivity contribution in [1.29, 1.82) is 0 Å². The zero-order valence-corrected chi connectivity index (χ0v) is 16.0. The first-order valence-electron chi connectivity index (χ1n) is 8.94. The summed E-state index contributed by atoms with van der Waals surface area (Å²) in [5, 5.41) is 12.3. The molecule has 28 heavy (non-hydrogen) atoms. The van der Waals surface area contributed by atoms with Gasteiger partial charge in [0.2, 0.25) is 5.16 Å². The Morgan fingerprint density at radius 2 is 1.71 bits per heavy atom. The van der Waals surface area contributed by atoms with Gasteiger partial charge in [0.1, 0.15) is 0 Å². The van der Waals surface area contributed by atoms with Crippen LogP contribution in [0.3, 0.4) is 0 Å². The van der Waals surface area contributed by atoms with E-state index in [0.717, 1.165) is 37.7 Å². The van der Waals surface area contributed by atoms with Gasteiger partial charge >= 0.3 is 0 Å². The van der Waals surface area contributed by atoms with Crippen molar-refractivity contribution in [3.63, 3.8) is 0 Å². The number of ether oxygens (including phenoxy) is 1. The van der Waals surface area contributed by atoms with Gasteiger partial charge in [-0.1, -0.05) is 11.8 Å². The molecule has 0 bridgehead atoms. The molecule has 144 valence electrons. The molecule has 0 saturated carbocycles. The molecule has 1 aliphatic heterocycles. The van der Waals surface area contributed by atoms with Crippen LogP contribution in [0.1, 0.15) is 10.4 Å². The number of morpholine rings is 1. The lowest BCUT2D eigenvalue weighted by Crippen LogP contribution is -2.36. The molecule has 0 unspecified atom stereocenters. The number of carbonyl (C=O) groups excluding carboxylic acids is 1. The van der Waals surface area contributed by atoms with E-state index in [4.69, 9.17) is 10.5 Å². The Labute approximate surface area is 166 Å². The van der Waals surface area contributed by atoms with E-state index in [-0.39, 0.29) is 11.5 Å². The largest absolute Gasteiger partial charge is 0.399 e. The molecule has 0 spiro atoms. The maximum atomic E-state index is 12.6. The fraction of sp³-hybridized carbons (Fsp3) is 0.263. The number of ketones is 1. The molecule has 1 aromatic heterocycles. The lowest BCUT2D eigenvalue weighted by atomic mass is 10.1. The van der Waals surface area contributed by atoms with Gasteiger partial charge in [-0.25, -0.2) is 0 Å². The quantitative estimate of drug-likeness (QED) is 0.384. The van der Waals surface area contributed by atoms with Gasteiger partial charge in [0.05, 0.1) is 24.7 Å². The molecule has 9 heteroatoms. The molecule has 2 aromatic carbocycles. The Morgan fingerprint density at radius 1 is 1.04 bits per heavy atom. The monoisotopic (exact) mass is 396 g/mol. The number of nitrogens with two attached hydrogens (primary N) is 1. The topological polar surface area (TPSA) is 99.2 Å². The molecule has 3 aromatic rings. The van der Waals surface area contributed by atoms with Gasteiger partial charge < -0.3 is 15.4 Å². The van der Waals surface area contributed by atoms with Crippen molar-refractivity contribution in [2.24, 2.45) is 0 Å². The summed E-state index contributed by atoms with van der Waals surface area (Å²) in [6.07, 6.45) is 0. The van der Waals surface area contributed by atoms with Crippen molar-refractivity contribution >= 4 is 28.9 Å². The maximum Gasteiger partial charge on any atom is 0.214 e. The number of benzene rings is 2. The Bertz CT molecular complexity index is 936. The summed E-state index contributed by atoms with van der Waals surface area (Å²) in [7, 11) is 0. The molecule has 1 aliphatic rings. The molecule has 0 atom stereocenters. The third-order valence-corrected chi connectivity index (χ3v) is 5.40. The molecule has 0 amide bonds. The molecule has 4 rings (SSSR count). The Kier molecular flexibility index (Phi) is 5.54. The van der Waals surface area contributed by atoms with Crippen LogP contribution in [-0.2, 0) is 4.74 Å². The first-order chi connectivity index (χ1) is 13.7. The third kappa shape index (κ3) is 4.15. The van der Waals surface area contributed by atoms with E-state index in [0.29, 0.717) is 16.4 Å². The zero-order chi connectivity index (χ0) is 19.3. The number of thioether (sulfide) groups is 1. The minimum atomic E-state index is 0.0328. The number of hydrogen-bond acceptors (Lipinski definition) is 8. The van der Waals surface area contributed by atoms with E-state index in [9.17, 15) is 4.79 Å². The second-order valence-corrected chi connectivity index (χ2v) is 7.27. The minimum Gasteiger partial charge on any atom is -0.399 e. The summed E-state index contributed by atoms with van der Waals surface area (Å²) in [6, 6.07) is 15.0. The number of tetrazole rings is 1. The highest BCUT2D eigenvalue weighted by Gasteiger charge is 2.15. The predicted molar refractivity (Wildman–Crippen MR) is 108 cm³/mol. The number of aromatic nitrogens is 4. The molecular formula is C19H20N6O2S. The van der Waals surface area contributed by atoms with Crippen molar-refractivity contribution in [2.45, 2.75) is 5.16 Å². The van der Waals surface area contributed by atoms with Crippen molar-refractivity contribution < 1.29 is 9.53 Å². The first kappa shape index (κ1) is 18.5. The maximum absolute atomic E-state index is 12.6. The number of nitrogen functional groups attached to an aromatic ring is 1. The number of nitrogens with zero attached hydrogens (tertiary/aromatic N) is 5. The van der Waals surface area contributed by atoms with Crippen molar-refractivity contribution in [3.8, 4) is 5.69 Å². The highest BCUT2D eigenvalue weighted by atomic mass is 32.2. The van der Waals surface area contributed by atoms with Crippen LogP contribution in [0.4, 0.5) is 11.4 Å². The van der Waals surface area contributed by atoms with Crippen molar-refractivity contribution in [1.82, 2.24) is 20.2 Å². The van der Waals surface area contributed by atoms with E-state index in [1.54, 1.807) is 16.8 Å². The SMILES string of the molecule is Nc1ccc(-n2nnnc2SCC(=O)c2ccc(N3CCOCC3)cc2)cc1. The van der Waals surface area contributed by atoms with Crippen LogP contribution in [0.2, 0.25) is 0 Å². The van der Waals surface area contributed by atoms with E-state index in [1.165, 1.54) is 11.8 Å². The lowest BCUT2D eigenvalue weighted by Gasteiger charge is -2.28. The highest BCUT2D eigenvalue weighted by Crippen LogP contribution is 2.21. The predicted octanol–water partition coefficient (Wildman–Crippen LogP) is 2.06. The highest BCUT2D eigenvalue weighted by molar-refractivity contribution is 7.99. The fourth-order valence-electron chi connectivity index (χ4n) is 2.94. The van der Waals surface area contributed by atoms with E-state index >= 15 is 0 Å². The summed E-state index contributed by atoms with van der Waals surface area (Å²) in [5.74, 6) is 0.289. The van der Waals surface area contributed by atoms with Gasteiger partial charge in [-0.05, 0) is 59.0 Å². The van der Waals surface area contributed by atoms with Crippen LogP contribution in [0, 0.1) is 0 Å². The zero-order valence-electron chi connectivity index (χ0n) is 15.2. The second kappa shape index (κ2) is 8.41. The summed E-state index contributed by atoms with van der Waals surface area (Å²) >= 11 is 1.31. The lowest BCUT2D eigenvalue weighted by molar-refractivity contribution is 0.102. The molecule has 0 radical (unpaired) electrons. The van der Waals surface area contributed by atoms with Crippen LogP contribution < -0.4 is 10.6 Å². The third-order valence-electron chi connectivity index (χ3n) is 4.48. The average molecular weight is 396 g/mol. The van der Waals surface area contributed by atoms with Crippen LogP contribution >= 0.6 is 11.8 Å². The Balaban J connectivity index is 1.39. The molecular weight excluding hydrogens is 376 g/mol. The van der Waals surface area contributed by atoms with Crippen LogP contribution in [-0.4, -0.2) is 58.0 Å². The summed E-state index contributed by atoms with van der Waals surface area (Å²) in [4.78, 5) is 14.8. The first-order valence-corrected chi connectivity index (χ1v) is 9.92. The van der Waals surface area contributed by atoms with Crippen LogP contribution in [0.5, 0.6) is 0 Å². The summed E-state index contributed by atoms with van der Waals surface area (Å²) in [5.41, 5.74) is 8.97. The normalized spacial score (nSPS) is 14.2. The molecule has 1 fully saturated rings. The number of Topliss-reactive ketones (excluding diaryl/α,β-unsaturated/α-hetero) is 1. The van der Waals surface area contributed by atoms with Crippen molar-refractivity contribution in [3.05, 3.63) is 54.1 Å². The van der Waals surface area contributed by atoms with E-state index in [1.807, 2.05) is 36.4 Å². The summed E-state index contributed by atoms with van der Waals surface area (Å²) in [6.45, 7) is 3.22. The van der Waals surface area contributed by atoms with Crippen molar-refractivity contribution in [2.75, 3.05) is 42.7 Å². The second-order valence-electron chi connectivity index (χ2n) is 6.32. The molecule has 2 N–H and O–H groups in total. The average Bonchev–Trinajstić information content (AvgIpc) is 3.22. The molecule has 2 heterocycles. The van der Waals surface area contributed by atoms with Gasteiger partial charge in [-0.3, -0.25) is 4.79 Å². The van der Waals surface area contributed by atoms with Gasteiger partial charge in [0, 0.05) is 30.0 Å². The van der Waals surface area contributed by atoms with Crippen LogP contribution in [0.25, 0.3) is 5.69 Å². The Morgan fingerprint density at radius 3 is 2.43 bits per heavy atom. The molecule has 0 aliphatic carbocycles. The fourth-order valence-corrected chi connectivity index (χ4v) is 3.72. The number of carbonyl (C=O) groups is 1. The van der Waals surface area contributed by atoms with E-state index in [2.05, 4.69) is 20.4 Å². The van der Waals surface area contributed by atoms with Gasteiger partial charge in [0.15, 0.2) is 5.78 Å². The molecule has 1 saturated heterocycles. The number of hydrogen-bond donors (Lipinski definition) is 1. The van der Waals surface area contributed by atoms with Gasteiger partial charge in [0.25, 0.3) is 0 Å². The Hall–Kier alpha value is -2.91. The minimum absolute atomic E-state index is 0.0328. The van der Waals surface area contributed by atoms with Crippen LogP contribution in [0.15, 0.2) is 53.7 Å².